The first-order valence-electron chi connectivity index (χ1n) is 3.71. The van der Waals surface area contributed by atoms with E-state index in [-0.39, 0.29) is 47.2 Å². The number of hydrogen-bond acceptors (Lipinski definition) is 3. The SMILES string of the molecule is COc1ccc(OCC(=O)O)cc1.[Ca+2].[H-].[H-]. The van der Waals surface area contributed by atoms with Crippen LogP contribution in [-0.2, 0) is 4.79 Å². The predicted octanol–water partition coefficient (Wildman–Crippen LogP) is 1.00. The molecule has 1 rings (SSSR count). The van der Waals surface area contributed by atoms with Gasteiger partial charge in [-0.05, 0) is 24.3 Å². The monoisotopic (exact) mass is 224 g/mol. The number of carboxylic acids is 1. The number of hydrogen-bond donors (Lipinski definition) is 1. The van der Waals surface area contributed by atoms with Crippen LogP contribution in [0, 0.1) is 0 Å². The number of methoxy groups -OCH3 is 1. The van der Waals surface area contributed by atoms with Crippen molar-refractivity contribution in [2.24, 2.45) is 0 Å². The Hall–Kier alpha value is -0.450. The molecule has 0 aromatic heterocycles. The van der Waals surface area contributed by atoms with Gasteiger partial charge in [-0.3, -0.25) is 0 Å². The van der Waals surface area contributed by atoms with E-state index in [2.05, 4.69) is 0 Å². The molecule has 0 aliphatic rings. The van der Waals surface area contributed by atoms with Crippen molar-refractivity contribution in [2.75, 3.05) is 13.7 Å². The third kappa shape index (κ3) is 4.69. The van der Waals surface area contributed by atoms with Crippen molar-refractivity contribution >= 4 is 43.7 Å². The quantitative estimate of drug-likeness (QED) is 0.775. The summed E-state index contributed by atoms with van der Waals surface area (Å²) in [5.41, 5.74) is 0. The van der Waals surface area contributed by atoms with Crippen LogP contribution in [0.5, 0.6) is 11.5 Å². The van der Waals surface area contributed by atoms with Crippen LogP contribution in [0.3, 0.4) is 0 Å². The van der Waals surface area contributed by atoms with Crippen molar-refractivity contribution in [1.29, 1.82) is 0 Å². The van der Waals surface area contributed by atoms with Gasteiger partial charge in [-0.2, -0.15) is 0 Å². The molecule has 0 unspecified atom stereocenters. The van der Waals surface area contributed by atoms with E-state index in [1.165, 1.54) is 0 Å². The van der Waals surface area contributed by atoms with Gasteiger partial charge in [-0.25, -0.2) is 4.79 Å². The topological polar surface area (TPSA) is 55.8 Å². The van der Waals surface area contributed by atoms with Gasteiger partial charge in [0.05, 0.1) is 7.11 Å². The number of carboxylic acid groups (broad SMARTS) is 1. The fourth-order valence-electron chi connectivity index (χ4n) is 0.817. The second-order valence-corrected chi connectivity index (χ2v) is 2.36. The van der Waals surface area contributed by atoms with Gasteiger partial charge in [-0.1, -0.05) is 0 Å². The van der Waals surface area contributed by atoms with E-state index < -0.39 is 5.97 Å². The van der Waals surface area contributed by atoms with Gasteiger partial charge in [0, 0.05) is 0 Å². The molecule has 0 radical (unpaired) electrons. The Labute approximate surface area is 115 Å². The van der Waals surface area contributed by atoms with E-state index in [1.807, 2.05) is 0 Å². The Balaban J connectivity index is -0.000000563. The molecule has 0 bridgehead atoms. The van der Waals surface area contributed by atoms with E-state index in [1.54, 1.807) is 31.4 Å². The average Bonchev–Trinajstić information content (AvgIpc) is 2.15. The van der Waals surface area contributed by atoms with Crippen molar-refractivity contribution in [1.82, 2.24) is 0 Å². The molecule has 0 heterocycles. The van der Waals surface area contributed by atoms with Crippen molar-refractivity contribution in [3.63, 3.8) is 0 Å². The summed E-state index contributed by atoms with van der Waals surface area (Å²) in [6, 6.07) is 6.72. The first-order chi connectivity index (χ1) is 6.22. The molecule has 0 spiro atoms. The van der Waals surface area contributed by atoms with Gasteiger partial charge < -0.3 is 17.4 Å². The van der Waals surface area contributed by atoms with Gasteiger partial charge >= 0.3 is 43.7 Å². The molecular weight excluding hydrogens is 212 g/mol. The molecule has 0 aliphatic heterocycles. The van der Waals surface area contributed by atoms with E-state index in [4.69, 9.17) is 14.6 Å². The van der Waals surface area contributed by atoms with Crippen molar-refractivity contribution in [2.45, 2.75) is 0 Å². The minimum absolute atomic E-state index is 0. The fourth-order valence-corrected chi connectivity index (χ4v) is 0.817. The van der Waals surface area contributed by atoms with Crippen LogP contribution < -0.4 is 9.47 Å². The summed E-state index contributed by atoms with van der Waals surface area (Å²) in [6.45, 7) is -0.327. The van der Waals surface area contributed by atoms with Crippen molar-refractivity contribution < 1.29 is 22.2 Å². The predicted molar refractivity (Wildman–Crippen MR) is 54.1 cm³/mol. The molecule has 74 valence electrons. The van der Waals surface area contributed by atoms with Crippen molar-refractivity contribution in [3.05, 3.63) is 24.3 Å². The molecule has 14 heavy (non-hydrogen) atoms. The molecule has 1 N–H and O–H groups in total. The smallest absolute Gasteiger partial charge is 1.00 e. The average molecular weight is 224 g/mol. The maximum absolute atomic E-state index is 10.1. The molecule has 0 amide bonds. The summed E-state index contributed by atoms with van der Waals surface area (Å²) in [5.74, 6) is 0.238. The van der Waals surface area contributed by atoms with Gasteiger partial charge in [0.1, 0.15) is 11.5 Å². The van der Waals surface area contributed by atoms with Crippen LogP contribution in [0.25, 0.3) is 0 Å². The number of rotatable bonds is 4. The summed E-state index contributed by atoms with van der Waals surface area (Å²) in [5, 5.41) is 8.33. The molecule has 0 saturated carbocycles. The Morgan fingerprint density at radius 1 is 1.36 bits per heavy atom. The summed E-state index contributed by atoms with van der Waals surface area (Å²) < 4.78 is 9.83. The Morgan fingerprint density at radius 2 is 1.86 bits per heavy atom. The van der Waals surface area contributed by atoms with Gasteiger partial charge in [0.2, 0.25) is 0 Å². The number of carbonyl (C=O) groups is 1. The number of aliphatic carboxylic acids is 1. The summed E-state index contributed by atoms with van der Waals surface area (Å²) in [7, 11) is 1.56. The molecule has 1 aromatic rings. The first-order valence-corrected chi connectivity index (χ1v) is 3.71. The molecule has 0 atom stereocenters. The number of benzene rings is 1. The zero-order valence-corrected chi connectivity index (χ0v) is 10.1. The van der Waals surface area contributed by atoms with Crippen LogP contribution >= 0.6 is 0 Å². The van der Waals surface area contributed by atoms with Crippen molar-refractivity contribution in [3.8, 4) is 11.5 Å². The van der Waals surface area contributed by atoms with Crippen LogP contribution in [0.1, 0.15) is 2.85 Å². The molecule has 0 saturated heterocycles. The minimum Gasteiger partial charge on any atom is -1.00 e. The van der Waals surface area contributed by atoms with Crippen LogP contribution in [-0.4, -0.2) is 62.5 Å². The maximum atomic E-state index is 10.1. The molecular formula is C9H12CaO4. The minimum atomic E-state index is -0.990. The zero-order chi connectivity index (χ0) is 9.68. The largest absolute Gasteiger partial charge is 2.00 e. The van der Waals surface area contributed by atoms with Crippen LogP contribution in [0.15, 0.2) is 24.3 Å². The maximum Gasteiger partial charge on any atom is 2.00 e. The standard InChI is InChI=1S/C9H10O4.Ca.2H/c1-12-7-2-4-8(5-3-7)13-6-9(10)11;;;/h2-5H,6H2,1H3,(H,10,11);;;/q;+2;2*-1. The number of ether oxygens (including phenoxy) is 2. The summed E-state index contributed by atoms with van der Waals surface area (Å²) >= 11 is 0. The molecule has 0 fully saturated rings. The van der Waals surface area contributed by atoms with E-state index >= 15 is 0 Å². The summed E-state index contributed by atoms with van der Waals surface area (Å²) in [4.78, 5) is 10.1. The van der Waals surface area contributed by atoms with E-state index in [0.29, 0.717) is 11.5 Å². The third-order valence-electron chi connectivity index (χ3n) is 1.42. The van der Waals surface area contributed by atoms with Crippen LogP contribution in [0.4, 0.5) is 0 Å². The Kier molecular flexibility index (Phi) is 6.70. The van der Waals surface area contributed by atoms with Gasteiger partial charge in [0.25, 0.3) is 0 Å². The van der Waals surface area contributed by atoms with E-state index in [0.717, 1.165) is 0 Å². The van der Waals surface area contributed by atoms with Crippen LogP contribution in [0.2, 0.25) is 0 Å². The van der Waals surface area contributed by atoms with Gasteiger partial charge in [0.15, 0.2) is 6.61 Å². The van der Waals surface area contributed by atoms with E-state index in [9.17, 15) is 4.79 Å². The molecule has 0 aliphatic carbocycles. The normalized spacial score (nSPS) is 8.64. The Morgan fingerprint density at radius 3 is 2.29 bits per heavy atom. The Bertz CT molecular complexity index is 292. The summed E-state index contributed by atoms with van der Waals surface area (Å²) in [6.07, 6.45) is 0. The fraction of sp³-hybridized carbons (Fsp3) is 0.222. The first kappa shape index (κ1) is 13.5. The zero-order valence-electron chi connectivity index (χ0n) is 9.90. The van der Waals surface area contributed by atoms with Gasteiger partial charge in [-0.15, -0.1) is 0 Å². The molecule has 1 aromatic carbocycles. The molecule has 4 nitrogen and oxygen atoms in total. The second kappa shape index (κ2) is 6.92. The third-order valence-corrected chi connectivity index (χ3v) is 1.42. The molecule has 5 heteroatoms. The second-order valence-electron chi connectivity index (χ2n) is 2.36.